The fourth-order valence-corrected chi connectivity index (χ4v) is 0.779. The highest BCUT2D eigenvalue weighted by atomic mass is 35.5. The minimum absolute atomic E-state index is 0.00849. The maximum absolute atomic E-state index is 8.03. The van der Waals surface area contributed by atoms with Gasteiger partial charge in [0.1, 0.15) is 5.69 Å². The number of azide groups is 1. The van der Waals surface area contributed by atoms with Crippen LogP contribution in [0.3, 0.4) is 0 Å². The second-order valence-electron chi connectivity index (χ2n) is 1.41. The average Bonchev–Trinajstić information content (AvgIpc) is 1.97. The average molecular weight is 191 g/mol. The molecule has 0 aromatic carbocycles. The van der Waals surface area contributed by atoms with Crippen molar-refractivity contribution in [1.82, 2.24) is 15.4 Å². The summed E-state index contributed by atoms with van der Waals surface area (Å²) in [7, 11) is 0. The van der Waals surface area contributed by atoms with Crippen molar-refractivity contribution >= 4 is 28.9 Å². The van der Waals surface area contributed by atoms with Crippen LogP contribution >= 0.6 is 23.2 Å². The van der Waals surface area contributed by atoms with E-state index >= 15 is 0 Å². The van der Waals surface area contributed by atoms with E-state index in [0.717, 1.165) is 0 Å². The van der Waals surface area contributed by atoms with Gasteiger partial charge in [-0.2, -0.15) is 0 Å². The van der Waals surface area contributed by atoms with Crippen LogP contribution in [0.25, 0.3) is 10.4 Å². The van der Waals surface area contributed by atoms with E-state index in [9.17, 15) is 0 Å². The normalized spacial score (nSPS) is 8.91. The highest BCUT2D eigenvalue weighted by molar-refractivity contribution is 6.36. The Morgan fingerprint density at radius 1 is 1.27 bits per heavy atom. The molecule has 1 aromatic heterocycles. The Morgan fingerprint density at radius 3 is 2.27 bits per heavy atom. The molecule has 0 radical (unpaired) electrons. The van der Waals surface area contributed by atoms with E-state index in [1.807, 2.05) is 0 Å². The first-order valence-electron chi connectivity index (χ1n) is 2.35. The molecule has 56 valence electrons. The van der Waals surface area contributed by atoms with Crippen molar-refractivity contribution in [2.24, 2.45) is 5.11 Å². The largest absolute Gasteiger partial charge is 0.166 e. The molecule has 0 aliphatic carbocycles. The van der Waals surface area contributed by atoms with Crippen molar-refractivity contribution < 1.29 is 0 Å². The van der Waals surface area contributed by atoms with Gasteiger partial charge in [0.05, 0.1) is 0 Å². The van der Waals surface area contributed by atoms with Crippen LogP contribution in [0.5, 0.6) is 0 Å². The first kappa shape index (κ1) is 8.00. The molecule has 0 bridgehead atoms. The molecular weight excluding hydrogens is 191 g/mol. The van der Waals surface area contributed by atoms with Gasteiger partial charge in [-0.25, -0.2) is 0 Å². The van der Waals surface area contributed by atoms with Crippen LogP contribution in [0, 0.1) is 0 Å². The summed E-state index contributed by atoms with van der Waals surface area (Å²) >= 11 is 10.9. The van der Waals surface area contributed by atoms with Crippen LogP contribution in [-0.4, -0.2) is 15.4 Å². The Bertz CT molecular complexity index is 297. The molecule has 1 aromatic rings. The van der Waals surface area contributed by atoms with Crippen LogP contribution in [0.4, 0.5) is 5.69 Å². The minimum Gasteiger partial charge on any atom is -0.118 e. The lowest BCUT2D eigenvalue weighted by Gasteiger charge is -1.92. The molecule has 0 fully saturated rings. The quantitative estimate of drug-likeness (QED) is 0.386. The summed E-state index contributed by atoms with van der Waals surface area (Å²) in [6, 6.07) is 0. The Balaban J connectivity index is 3.31. The van der Waals surface area contributed by atoms with Crippen LogP contribution in [0.15, 0.2) is 5.11 Å². The molecule has 6 nitrogen and oxygen atoms in total. The van der Waals surface area contributed by atoms with Gasteiger partial charge in [-0.05, 0) is 10.7 Å². The molecule has 0 unspecified atom stereocenters. The molecule has 0 aliphatic rings. The van der Waals surface area contributed by atoms with Crippen molar-refractivity contribution in [3.8, 4) is 0 Å². The van der Waals surface area contributed by atoms with Crippen LogP contribution in [0.1, 0.15) is 0 Å². The van der Waals surface area contributed by atoms with Gasteiger partial charge in [0.2, 0.25) is 0 Å². The molecule has 1 heterocycles. The Hall–Kier alpha value is -1.10. The summed E-state index contributed by atoms with van der Waals surface area (Å²) in [5.74, 6) is 0. The molecular formula is C3Cl2N6. The van der Waals surface area contributed by atoms with Crippen LogP contribution in [0.2, 0.25) is 10.3 Å². The van der Waals surface area contributed by atoms with Gasteiger partial charge >= 0.3 is 0 Å². The first-order chi connectivity index (χ1) is 5.25. The highest BCUT2D eigenvalue weighted by Crippen LogP contribution is 2.27. The monoisotopic (exact) mass is 190 g/mol. The number of hydrogen-bond acceptors (Lipinski definition) is 4. The molecule has 0 saturated heterocycles. The predicted molar refractivity (Wildman–Crippen MR) is 38.7 cm³/mol. The molecule has 1 rings (SSSR count). The summed E-state index contributed by atoms with van der Waals surface area (Å²) in [6.07, 6.45) is 0. The van der Waals surface area contributed by atoms with Gasteiger partial charge in [0.25, 0.3) is 0 Å². The molecule has 0 aliphatic heterocycles. The summed E-state index contributed by atoms with van der Waals surface area (Å²) in [6.45, 7) is 0. The van der Waals surface area contributed by atoms with Gasteiger partial charge in [-0.15, -0.1) is 10.2 Å². The number of aromatic nitrogens is 3. The van der Waals surface area contributed by atoms with Crippen LogP contribution < -0.4 is 0 Å². The summed E-state index contributed by atoms with van der Waals surface area (Å²) < 4.78 is 0. The number of rotatable bonds is 1. The Kier molecular flexibility index (Phi) is 2.43. The summed E-state index contributed by atoms with van der Waals surface area (Å²) in [4.78, 5) is 2.48. The second kappa shape index (κ2) is 3.34. The zero-order chi connectivity index (χ0) is 8.27. The minimum atomic E-state index is -0.0669. The van der Waals surface area contributed by atoms with E-state index in [0.29, 0.717) is 0 Å². The van der Waals surface area contributed by atoms with E-state index in [-0.39, 0.29) is 16.0 Å². The van der Waals surface area contributed by atoms with Gasteiger partial charge in [0, 0.05) is 4.91 Å². The van der Waals surface area contributed by atoms with Gasteiger partial charge in [-0.1, -0.05) is 28.3 Å². The smallest absolute Gasteiger partial charge is 0.118 e. The zero-order valence-corrected chi connectivity index (χ0v) is 6.45. The Morgan fingerprint density at radius 2 is 1.82 bits per heavy atom. The first-order valence-corrected chi connectivity index (χ1v) is 3.10. The van der Waals surface area contributed by atoms with Gasteiger partial charge in [0.15, 0.2) is 10.3 Å². The van der Waals surface area contributed by atoms with E-state index in [4.69, 9.17) is 28.7 Å². The lowest BCUT2D eigenvalue weighted by molar-refractivity contribution is 0.865. The molecule has 11 heavy (non-hydrogen) atoms. The fourth-order valence-electron chi connectivity index (χ4n) is 0.408. The molecule has 8 heteroatoms. The lowest BCUT2D eigenvalue weighted by Crippen LogP contribution is -1.87. The number of hydrogen-bond donors (Lipinski definition) is 0. The predicted octanol–water partition coefficient (Wildman–Crippen LogP) is 2.12. The van der Waals surface area contributed by atoms with E-state index in [1.54, 1.807) is 0 Å². The van der Waals surface area contributed by atoms with Crippen molar-refractivity contribution in [2.75, 3.05) is 0 Å². The molecule has 0 N–H and O–H groups in total. The molecule has 0 amide bonds. The number of nitrogens with zero attached hydrogens (tertiary/aromatic N) is 6. The topological polar surface area (TPSA) is 87.4 Å². The van der Waals surface area contributed by atoms with Crippen molar-refractivity contribution in [2.45, 2.75) is 0 Å². The fraction of sp³-hybridized carbons (Fsp3) is 0. The van der Waals surface area contributed by atoms with Gasteiger partial charge < -0.3 is 0 Å². The lowest BCUT2D eigenvalue weighted by atomic mass is 10.6. The van der Waals surface area contributed by atoms with E-state index < -0.39 is 0 Å². The number of halogens is 2. The van der Waals surface area contributed by atoms with E-state index in [2.05, 4.69) is 25.4 Å². The van der Waals surface area contributed by atoms with Crippen LogP contribution in [-0.2, 0) is 0 Å². The Labute approximate surface area is 70.8 Å². The van der Waals surface area contributed by atoms with Crippen molar-refractivity contribution in [3.63, 3.8) is 0 Å². The SMILES string of the molecule is [N-]=[N+]=Nc1c(Cl)nnnc1Cl. The third-order valence-electron chi connectivity index (χ3n) is 0.801. The third kappa shape index (κ3) is 1.68. The molecule has 0 spiro atoms. The third-order valence-corrected chi connectivity index (χ3v) is 1.31. The van der Waals surface area contributed by atoms with Gasteiger partial charge in [-0.3, -0.25) is 0 Å². The molecule has 0 atom stereocenters. The highest BCUT2D eigenvalue weighted by Gasteiger charge is 2.05. The van der Waals surface area contributed by atoms with Crippen molar-refractivity contribution in [3.05, 3.63) is 20.7 Å². The maximum atomic E-state index is 8.03. The summed E-state index contributed by atoms with van der Waals surface area (Å²) in [5, 5.41) is 12.8. The standard InChI is InChI=1S/C3Cl2N6/c4-2-1(7-10-6)3(5)9-11-8-2. The van der Waals surface area contributed by atoms with E-state index in [1.165, 1.54) is 0 Å². The van der Waals surface area contributed by atoms with Crippen molar-refractivity contribution in [1.29, 1.82) is 0 Å². The maximum Gasteiger partial charge on any atom is 0.166 e. The summed E-state index contributed by atoms with van der Waals surface area (Å²) in [5.41, 5.74) is 8.03. The second-order valence-corrected chi connectivity index (χ2v) is 2.13. The molecule has 0 saturated carbocycles. The zero-order valence-electron chi connectivity index (χ0n) is 4.94.